The van der Waals surface area contributed by atoms with Crippen LogP contribution in [0.4, 0.5) is 4.39 Å². The second-order valence-corrected chi connectivity index (χ2v) is 5.39. The molecule has 0 bridgehead atoms. The summed E-state index contributed by atoms with van der Waals surface area (Å²) in [6.45, 7) is 8.97. The first-order valence-corrected chi connectivity index (χ1v) is 5.81. The van der Waals surface area contributed by atoms with Gasteiger partial charge in [0.25, 0.3) is 0 Å². The molecule has 0 radical (unpaired) electrons. The van der Waals surface area contributed by atoms with Gasteiger partial charge < -0.3 is 5.73 Å². The van der Waals surface area contributed by atoms with Gasteiger partial charge in [0, 0.05) is 0 Å². The third kappa shape index (κ3) is 3.31. The highest BCUT2D eigenvalue weighted by molar-refractivity contribution is 5.34. The summed E-state index contributed by atoms with van der Waals surface area (Å²) in [7, 11) is 0. The third-order valence-corrected chi connectivity index (χ3v) is 3.27. The molecule has 16 heavy (non-hydrogen) atoms. The van der Waals surface area contributed by atoms with Crippen molar-refractivity contribution < 1.29 is 4.39 Å². The highest BCUT2D eigenvalue weighted by Gasteiger charge is 2.16. The van der Waals surface area contributed by atoms with Gasteiger partial charge in [-0.05, 0) is 67.5 Å². The quantitative estimate of drug-likeness (QED) is 0.832. The van der Waals surface area contributed by atoms with E-state index in [2.05, 4.69) is 13.8 Å². The molecule has 0 aliphatic rings. The van der Waals surface area contributed by atoms with Gasteiger partial charge in [-0.15, -0.1) is 0 Å². The van der Waals surface area contributed by atoms with E-state index < -0.39 is 0 Å². The van der Waals surface area contributed by atoms with Crippen LogP contribution in [0, 0.1) is 25.1 Å². The van der Waals surface area contributed by atoms with Crippen molar-refractivity contribution >= 4 is 0 Å². The fourth-order valence-corrected chi connectivity index (χ4v) is 1.90. The molecule has 0 saturated carbocycles. The Kier molecular flexibility index (Phi) is 4.09. The van der Waals surface area contributed by atoms with Crippen molar-refractivity contribution in [2.24, 2.45) is 11.1 Å². The van der Waals surface area contributed by atoms with Crippen molar-refractivity contribution in [3.63, 3.8) is 0 Å². The number of benzene rings is 1. The number of nitrogens with two attached hydrogens (primary N) is 1. The SMILES string of the molecule is Cc1cc(F)cc(C)c1CCC(C)(C)CN. The van der Waals surface area contributed by atoms with Crippen LogP contribution in [0.1, 0.15) is 37.0 Å². The second kappa shape index (κ2) is 4.96. The summed E-state index contributed by atoms with van der Waals surface area (Å²) in [4.78, 5) is 0. The lowest BCUT2D eigenvalue weighted by atomic mass is 9.85. The van der Waals surface area contributed by atoms with Gasteiger partial charge in [0.1, 0.15) is 5.82 Å². The molecule has 0 amide bonds. The van der Waals surface area contributed by atoms with Crippen molar-refractivity contribution in [3.05, 3.63) is 34.6 Å². The standard InChI is InChI=1S/C14H22FN/c1-10-7-12(15)8-11(2)13(10)5-6-14(3,4)9-16/h7-8H,5-6,9,16H2,1-4H3. The summed E-state index contributed by atoms with van der Waals surface area (Å²) < 4.78 is 13.1. The maximum absolute atomic E-state index is 13.1. The Morgan fingerprint density at radius 2 is 1.69 bits per heavy atom. The van der Waals surface area contributed by atoms with Crippen molar-refractivity contribution in [3.8, 4) is 0 Å². The molecule has 0 aliphatic carbocycles. The summed E-state index contributed by atoms with van der Waals surface area (Å²) in [5.41, 5.74) is 9.23. The lowest BCUT2D eigenvalue weighted by Crippen LogP contribution is -2.24. The van der Waals surface area contributed by atoms with E-state index in [1.165, 1.54) is 5.56 Å². The maximum atomic E-state index is 13.1. The largest absolute Gasteiger partial charge is 0.330 e. The first-order valence-electron chi connectivity index (χ1n) is 5.81. The van der Waals surface area contributed by atoms with E-state index >= 15 is 0 Å². The molecular formula is C14H22FN. The minimum absolute atomic E-state index is 0.142. The van der Waals surface area contributed by atoms with Crippen molar-refractivity contribution in [2.75, 3.05) is 6.54 Å². The van der Waals surface area contributed by atoms with Crippen LogP contribution in [0.25, 0.3) is 0 Å². The molecule has 2 heteroatoms. The lowest BCUT2D eigenvalue weighted by molar-refractivity contribution is 0.347. The number of halogens is 1. The second-order valence-electron chi connectivity index (χ2n) is 5.39. The number of hydrogen-bond acceptors (Lipinski definition) is 1. The molecule has 2 N–H and O–H groups in total. The Bertz CT molecular complexity index is 346. The molecule has 0 fully saturated rings. The van der Waals surface area contributed by atoms with Crippen LogP contribution >= 0.6 is 0 Å². The molecule has 1 rings (SSSR count). The molecule has 1 aromatic carbocycles. The van der Waals surface area contributed by atoms with E-state index in [1.54, 1.807) is 12.1 Å². The normalized spacial score (nSPS) is 11.9. The van der Waals surface area contributed by atoms with Crippen LogP contribution in [-0.4, -0.2) is 6.54 Å². The van der Waals surface area contributed by atoms with Crippen LogP contribution < -0.4 is 5.73 Å². The minimum Gasteiger partial charge on any atom is -0.330 e. The molecule has 0 heterocycles. The zero-order valence-corrected chi connectivity index (χ0v) is 10.7. The summed E-state index contributed by atoms with van der Waals surface area (Å²) in [6, 6.07) is 3.22. The molecule has 0 unspecified atom stereocenters. The Balaban J connectivity index is 2.82. The first-order chi connectivity index (χ1) is 7.35. The average Bonchev–Trinajstić information content (AvgIpc) is 2.16. The van der Waals surface area contributed by atoms with Crippen LogP contribution in [-0.2, 0) is 6.42 Å². The smallest absolute Gasteiger partial charge is 0.123 e. The first kappa shape index (κ1) is 13.2. The highest BCUT2D eigenvalue weighted by Crippen LogP contribution is 2.24. The summed E-state index contributed by atoms with van der Waals surface area (Å²) >= 11 is 0. The zero-order chi connectivity index (χ0) is 12.3. The molecule has 90 valence electrons. The van der Waals surface area contributed by atoms with Gasteiger partial charge in [-0.1, -0.05) is 13.8 Å². The number of aryl methyl sites for hydroxylation is 2. The molecule has 0 aliphatic heterocycles. The molecule has 1 aromatic rings. The third-order valence-electron chi connectivity index (χ3n) is 3.27. The van der Waals surface area contributed by atoms with Crippen LogP contribution in [0.5, 0.6) is 0 Å². The van der Waals surface area contributed by atoms with Gasteiger partial charge in [-0.2, -0.15) is 0 Å². The van der Waals surface area contributed by atoms with Crippen LogP contribution in [0.3, 0.4) is 0 Å². The van der Waals surface area contributed by atoms with Crippen molar-refractivity contribution in [1.82, 2.24) is 0 Å². The average molecular weight is 223 g/mol. The van der Waals surface area contributed by atoms with Gasteiger partial charge in [0.15, 0.2) is 0 Å². The zero-order valence-electron chi connectivity index (χ0n) is 10.7. The molecule has 0 spiro atoms. The van der Waals surface area contributed by atoms with Gasteiger partial charge in [-0.25, -0.2) is 4.39 Å². The predicted molar refractivity (Wildman–Crippen MR) is 67.0 cm³/mol. The van der Waals surface area contributed by atoms with Gasteiger partial charge in [0.2, 0.25) is 0 Å². The number of rotatable bonds is 4. The van der Waals surface area contributed by atoms with Crippen molar-refractivity contribution in [2.45, 2.75) is 40.5 Å². The van der Waals surface area contributed by atoms with E-state index in [-0.39, 0.29) is 11.2 Å². The fourth-order valence-electron chi connectivity index (χ4n) is 1.90. The van der Waals surface area contributed by atoms with Crippen molar-refractivity contribution in [1.29, 1.82) is 0 Å². The molecule has 1 nitrogen and oxygen atoms in total. The predicted octanol–water partition coefficient (Wildman–Crippen LogP) is 3.36. The Morgan fingerprint density at radius 1 is 1.19 bits per heavy atom. The lowest BCUT2D eigenvalue weighted by Gasteiger charge is -2.23. The summed E-state index contributed by atoms with van der Waals surface area (Å²) in [5.74, 6) is -0.142. The molecule has 0 atom stereocenters. The monoisotopic (exact) mass is 223 g/mol. The Morgan fingerprint density at radius 3 is 2.12 bits per heavy atom. The van der Waals surface area contributed by atoms with E-state index in [9.17, 15) is 4.39 Å². The topological polar surface area (TPSA) is 26.0 Å². The van der Waals surface area contributed by atoms with Gasteiger partial charge in [-0.3, -0.25) is 0 Å². The van der Waals surface area contributed by atoms with E-state index in [4.69, 9.17) is 5.73 Å². The Labute approximate surface area is 97.9 Å². The maximum Gasteiger partial charge on any atom is 0.123 e. The molecular weight excluding hydrogens is 201 g/mol. The summed E-state index contributed by atoms with van der Waals surface area (Å²) in [6.07, 6.45) is 2.01. The molecule has 0 saturated heterocycles. The van der Waals surface area contributed by atoms with Gasteiger partial charge >= 0.3 is 0 Å². The minimum atomic E-state index is -0.142. The molecule has 0 aromatic heterocycles. The fraction of sp³-hybridized carbons (Fsp3) is 0.571. The highest BCUT2D eigenvalue weighted by atomic mass is 19.1. The number of hydrogen-bond donors (Lipinski definition) is 1. The Hall–Kier alpha value is -0.890. The van der Waals surface area contributed by atoms with Gasteiger partial charge in [0.05, 0.1) is 0 Å². The van der Waals surface area contributed by atoms with Crippen LogP contribution in [0.2, 0.25) is 0 Å². The van der Waals surface area contributed by atoms with E-state index in [0.717, 1.165) is 24.0 Å². The van der Waals surface area contributed by atoms with E-state index in [0.29, 0.717) is 6.54 Å². The summed E-state index contributed by atoms with van der Waals surface area (Å²) in [5, 5.41) is 0. The van der Waals surface area contributed by atoms with Crippen LogP contribution in [0.15, 0.2) is 12.1 Å². The van der Waals surface area contributed by atoms with E-state index in [1.807, 2.05) is 13.8 Å².